The molecule has 104 valence electrons. The van der Waals surface area contributed by atoms with Crippen molar-refractivity contribution < 1.29 is 18.3 Å². The number of benzene rings is 1. The molecule has 0 spiro atoms. The van der Waals surface area contributed by atoms with Crippen LogP contribution in [0.25, 0.3) is 0 Å². The maximum absolute atomic E-state index is 13.6. The fourth-order valence-corrected chi connectivity index (χ4v) is 2.03. The lowest BCUT2D eigenvalue weighted by atomic mass is 9.92. The second-order valence-electron chi connectivity index (χ2n) is 4.98. The molecular weight excluding hydrogens is 254 g/mol. The van der Waals surface area contributed by atoms with Crippen molar-refractivity contribution in [2.45, 2.75) is 25.3 Å². The zero-order valence-electron chi connectivity index (χ0n) is 10.6. The predicted molar refractivity (Wildman–Crippen MR) is 66.7 cm³/mol. The summed E-state index contributed by atoms with van der Waals surface area (Å²) in [6, 6.07) is 1.64. The largest absolute Gasteiger partial charge is 0.396 e. The highest BCUT2D eigenvalue weighted by molar-refractivity contribution is 5.95. The van der Waals surface area contributed by atoms with E-state index in [0.29, 0.717) is 32.1 Å². The molecule has 1 aliphatic heterocycles. The maximum atomic E-state index is 13.6. The third-order valence-corrected chi connectivity index (χ3v) is 3.34. The van der Waals surface area contributed by atoms with Gasteiger partial charge in [-0.3, -0.25) is 4.79 Å². The van der Waals surface area contributed by atoms with Crippen LogP contribution in [-0.2, 0) is 4.74 Å². The summed E-state index contributed by atoms with van der Waals surface area (Å²) in [6.45, 7) is 2.97. The summed E-state index contributed by atoms with van der Waals surface area (Å²) in [7, 11) is 0. The fraction of sp³-hybridized carbons (Fsp3) is 0.462. The van der Waals surface area contributed by atoms with Gasteiger partial charge in [0.05, 0.1) is 11.3 Å². The van der Waals surface area contributed by atoms with Gasteiger partial charge in [0.2, 0.25) is 0 Å². The number of nitrogen functional groups attached to an aromatic ring is 1. The number of hydrogen-bond donors (Lipinski definition) is 2. The Labute approximate surface area is 109 Å². The summed E-state index contributed by atoms with van der Waals surface area (Å²) < 4.78 is 31.8. The van der Waals surface area contributed by atoms with Gasteiger partial charge in [-0.1, -0.05) is 0 Å². The van der Waals surface area contributed by atoms with Crippen LogP contribution in [0.15, 0.2) is 12.1 Å². The van der Waals surface area contributed by atoms with Gasteiger partial charge in [0.15, 0.2) is 0 Å². The number of nitrogens with two attached hydrogens (primary N) is 1. The van der Waals surface area contributed by atoms with E-state index in [1.807, 2.05) is 6.92 Å². The van der Waals surface area contributed by atoms with E-state index in [1.54, 1.807) is 0 Å². The molecule has 0 unspecified atom stereocenters. The van der Waals surface area contributed by atoms with Gasteiger partial charge in [-0.15, -0.1) is 0 Å². The fourth-order valence-electron chi connectivity index (χ4n) is 2.03. The second kappa shape index (κ2) is 5.13. The third-order valence-electron chi connectivity index (χ3n) is 3.34. The van der Waals surface area contributed by atoms with Crippen molar-refractivity contribution in [1.29, 1.82) is 0 Å². The van der Waals surface area contributed by atoms with E-state index >= 15 is 0 Å². The smallest absolute Gasteiger partial charge is 0.254 e. The van der Waals surface area contributed by atoms with Gasteiger partial charge in [-0.25, -0.2) is 8.78 Å². The monoisotopic (exact) mass is 270 g/mol. The number of halogens is 2. The first-order valence-electron chi connectivity index (χ1n) is 6.06. The van der Waals surface area contributed by atoms with Gasteiger partial charge >= 0.3 is 0 Å². The molecule has 0 radical (unpaired) electrons. The highest BCUT2D eigenvalue weighted by atomic mass is 19.1. The first-order valence-corrected chi connectivity index (χ1v) is 6.06. The molecule has 0 aliphatic carbocycles. The summed E-state index contributed by atoms with van der Waals surface area (Å²) in [5.41, 5.74) is 4.42. The number of anilines is 1. The van der Waals surface area contributed by atoms with Crippen LogP contribution in [0.1, 0.15) is 30.1 Å². The van der Waals surface area contributed by atoms with Crippen molar-refractivity contribution in [3.05, 3.63) is 29.3 Å². The molecule has 4 nitrogen and oxygen atoms in total. The summed E-state index contributed by atoms with van der Waals surface area (Å²) in [5, 5.41) is 2.76. The van der Waals surface area contributed by atoms with E-state index in [4.69, 9.17) is 10.5 Å². The number of amides is 1. The average Bonchev–Trinajstić information content (AvgIpc) is 2.34. The van der Waals surface area contributed by atoms with Gasteiger partial charge in [-0.05, 0) is 25.8 Å². The number of carbonyl (C=O) groups excluding carboxylic acids is 1. The minimum atomic E-state index is -0.917. The van der Waals surface area contributed by atoms with Gasteiger partial charge in [0.25, 0.3) is 5.91 Å². The molecule has 1 aliphatic rings. The summed E-state index contributed by atoms with van der Waals surface area (Å²) in [5.74, 6) is -2.38. The SMILES string of the molecule is CC1(NC(=O)c2cc(N)c(F)cc2F)CCOCC1. The molecule has 1 heterocycles. The summed E-state index contributed by atoms with van der Waals surface area (Å²) >= 11 is 0. The Balaban J connectivity index is 2.18. The molecule has 0 atom stereocenters. The lowest BCUT2D eigenvalue weighted by Crippen LogP contribution is -2.49. The van der Waals surface area contributed by atoms with Crippen molar-refractivity contribution in [2.75, 3.05) is 18.9 Å². The lowest BCUT2D eigenvalue weighted by molar-refractivity contribution is 0.0421. The number of hydrogen-bond acceptors (Lipinski definition) is 3. The van der Waals surface area contributed by atoms with Crippen LogP contribution in [0.5, 0.6) is 0 Å². The first-order chi connectivity index (χ1) is 8.91. The molecule has 3 N–H and O–H groups in total. The van der Waals surface area contributed by atoms with Crippen LogP contribution in [0, 0.1) is 11.6 Å². The Bertz CT molecular complexity index is 500. The minimum Gasteiger partial charge on any atom is -0.396 e. The predicted octanol–water partition coefficient (Wildman–Crippen LogP) is 1.85. The molecular formula is C13H16F2N2O2. The molecule has 0 aromatic heterocycles. The molecule has 1 fully saturated rings. The van der Waals surface area contributed by atoms with Crippen LogP contribution in [-0.4, -0.2) is 24.7 Å². The van der Waals surface area contributed by atoms with Crippen LogP contribution >= 0.6 is 0 Å². The van der Waals surface area contributed by atoms with Crippen molar-refractivity contribution in [3.63, 3.8) is 0 Å². The van der Waals surface area contributed by atoms with Gasteiger partial charge < -0.3 is 15.8 Å². The van der Waals surface area contributed by atoms with Gasteiger partial charge in [0.1, 0.15) is 11.6 Å². The van der Waals surface area contributed by atoms with E-state index in [1.165, 1.54) is 0 Å². The summed E-state index contributed by atoms with van der Waals surface area (Å²) in [6.07, 6.45) is 1.30. The minimum absolute atomic E-state index is 0.244. The molecule has 19 heavy (non-hydrogen) atoms. The van der Waals surface area contributed by atoms with Crippen molar-refractivity contribution in [1.82, 2.24) is 5.32 Å². The molecule has 0 bridgehead atoms. The highest BCUT2D eigenvalue weighted by Crippen LogP contribution is 2.22. The van der Waals surface area contributed by atoms with Crippen LogP contribution < -0.4 is 11.1 Å². The first kappa shape index (κ1) is 13.7. The molecule has 1 amide bonds. The number of nitrogens with one attached hydrogen (secondary N) is 1. The number of carbonyl (C=O) groups is 1. The van der Waals surface area contributed by atoms with Crippen molar-refractivity contribution in [2.24, 2.45) is 0 Å². The van der Waals surface area contributed by atoms with E-state index in [0.717, 1.165) is 6.07 Å². The molecule has 6 heteroatoms. The Morgan fingerprint density at radius 3 is 2.58 bits per heavy atom. The highest BCUT2D eigenvalue weighted by Gasteiger charge is 2.30. The maximum Gasteiger partial charge on any atom is 0.254 e. The quantitative estimate of drug-likeness (QED) is 0.806. The third kappa shape index (κ3) is 3.01. The molecule has 1 saturated heterocycles. The normalized spacial score (nSPS) is 18.1. The zero-order valence-corrected chi connectivity index (χ0v) is 10.6. The summed E-state index contributed by atoms with van der Waals surface area (Å²) in [4.78, 5) is 12.0. The van der Waals surface area contributed by atoms with Crippen LogP contribution in [0.2, 0.25) is 0 Å². The van der Waals surface area contributed by atoms with Crippen LogP contribution in [0.4, 0.5) is 14.5 Å². The second-order valence-corrected chi connectivity index (χ2v) is 4.98. The molecule has 0 saturated carbocycles. The topological polar surface area (TPSA) is 64.4 Å². The number of ether oxygens (including phenoxy) is 1. The Kier molecular flexibility index (Phi) is 3.71. The number of rotatable bonds is 2. The van der Waals surface area contributed by atoms with E-state index < -0.39 is 23.1 Å². The van der Waals surface area contributed by atoms with E-state index in [9.17, 15) is 13.6 Å². The van der Waals surface area contributed by atoms with Crippen LogP contribution in [0.3, 0.4) is 0 Å². The standard InChI is InChI=1S/C13H16F2N2O2/c1-13(2-4-19-5-3-13)17-12(18)8-6-11(16)10(15)7-9(8)14/h6-7H,2-5,16H2,1H3,(H,17,18). The van der Waals surface area contributed by atoms with E-state index in [2.05, 4.69) is 5.32 Å². The molecule has 2 rings (SSSR count). The van der Waals surface area contributed by atoms with Crippen molar-refractivity contribution in [3.8, 4) is 0 Å². The Morgan fingerprint density at radius 2 is 1.95 bits per heavy atom. The Morgan fingerprint density at radius 1 is 1.32 bits per heavy atom. The average molecular weight is 270 g/mol. The van der Waals surface area contributed by atoms with Gasteiger partial charge in [-0.2, -0.15) is 0 Å². The molecule has 1 aromatic rings. The van der Waals surface area contributed by atoms with Crippen molar-refractivity contribution >= 4 is 11.6 Å². The van der Waals surface area contributed by atoms with E-state index in [-0.39, 0.29) is 11.3 Å². The zero-order chi connectivity index (χ0) is 14.0. The molecule has 1 aromatic carbocycles. The van der Waals surface area contributed by atoms with Gasteiger partial charge in [0, 0.05) is 24.8 Å². The Hall–Kier alpha value is -1.69. The lowest BCUT2D eigenvalue weighted by Gasteiger charge is -2.34.